The summed E-state index contributed by atoms with van der Waals surface area (Å²) in [5, 5.41) is 11.1. The summed E-state index contributed by atoms with van der Waals surface area (Å²) in [7, 11) is 0. The van der Waals surface area contributed by atoms with Gasteiger partial charge in [0.15, 0.2) is 16.6 Å². The number of nitrogen functional groups attached to an aromatic ring is 1. The summed E-state index contributed by atoms with van der Waals surface area (Å²) in [6.07, 6.45) is 0.705. The lowest BCUT2D eigenvalue weighted by Crippen LogP contribution is -2.45. The smallest absolute Gasteiger partial charge is 0.266 e. The van der Waals surface area contributed by atoms with E-state index in [-0.39, 0.29) is 18.6 Å². The molecule has 1 fully saturated rings. The van der Waals surface area contributed by atoms with E-state index in [9.17, 15) is 9.90 Å². The van der Waals surface area contributed by atoms with Gasteiger partial charge in [-0.1, -0.05) is 24.3 Å². The Balaban J connectivity index is 1.49. The summed E-state index contributed by atoms with van der Waals surface area (Å²) in [6, 6.07) is 5.75. The quantitative estimate of drug-likeness (QED) is 0.852. The molecular weight excluding hydrogens is 354 g/mol. The maximum atomic E-state index is 12.8. The third kappa shape index (κ3) is 2.99. The lowest BCUT2D eigenvalue weighted by Gasteiger charge is -2.36. The van der Waals surface area contributed by atoms with Gasteiger partial charge in [0.2, 0.25) is 6.79 Å². The van der Waals surface area contributed by atoms with E-state index in [1.54, 1.807) is 4.90 Å². The molecule has 3 N–H and O–H groups in total. The number of anilines is 1. The number of nitrogens with zero attached hydrogens (tertiary/aromatic N) is 2. The van der Waals surface area contributed by atoms with E-state index in [4.69, 9.17) is 15.2 Å². The van der Waals surface area contributed by atoms with E-state index in [1.807, 2.05) is 25.1 Å². The molecule has 1 aromatic carbocycles. The Morgan fingerprint density at radius 1 is 1.42 bits per heavy atom. The van der Waals surface area contributed by atoms with E-state index in [2.05, 4.69) is 4.98 Å². The molecule has 2 atom stereocenters. The SMILES string of the molecule is CCc1nc(N)sc1C(=O)N1CC[C@@H](c2ccc3c(c2)OCO3)[C@H](O)C1. The number of hydrogen-bond acceptors (Lipinski definition) is 7. The molecule has 0 radical (unpaired) electrons. The standard InChI is InChI=1S/C18H21N3O4S/c1-2-12-16(26-18(19)20-12)17(23)21-6-5-11(13(22)8-21)10-3-4-14-15(7-10)25-9-24-14/h3-4,7,11,13,22H,2,5-6,8-9H2,1H3,(H2,19,20)/t11-,13+/m0/s1. The summed E-state index contributed by atoms with van der Waals surface area (Å²) in [6.45, 7) is 3.05. The number of benzene rings is 1. The number of piperidine rings is 1. The van der Waals surface area contributed by atoms with Crippen molar-refractivity contribution in [1.29, 1.82) is 0 Å². The minimum absolute atomic E-state index is 0.0364. The number of thiazole rings is 1. The fraction of sp³-hybridized carbons (Fsp3) is 0.444. The van der Waals surface area contributed by atoms with Crippen LogP contribution >= 0.6 is 11.3 Å². The van der Waals surface area contributed by atoms with Gasteiger partial charge in [0.1, 0.15) is 4.88 Å². The van der Waals surface area contributed by atoms with Crippen molar-refractivity contribution in [3.05, 3.63) is 34.3 Å². The molecule has 26 heavy (non-hydrogen) atoms. The topological polar surface area (TPSA) is 97.9 Å². The Morgan fingerprint density at radius 2 is 2.23 bits per heavy atom. The predicted octanol–water partition coefficient (Wildman–Crippen LogP) is 2.01. The van der Waals surface area contributed by atoms with Crippen molar-refractivity contribution >= 4 is 22.4 Å². The number of likely N-dealkylation sites (tertiary alicyclic amines) is 1. The number of hydrogen-bond donors (Lipinski definition) is 2. The molecule has 0 aliphatic carbocycles. The van der Waals surface area contributed by atoms with Gasteiger partial charge >= 0.3 is 0 Å². The molecule has 138 valence electrons. The van der Waals surface area contributed by atoms with Gasteiger partial charge in [-0.05, 0) is 30.5 Å². The second-order valence-corrected chi connectivity index (χ2v) is 7.54. The zero-order chi connectivity index (χ0) is 18.3. The average Bonchev–Trinajstić information content (AvgIpc) is 3.26. The Hall–Kier alpha value is -2.32. The van der Waals surface area contributed by atoms with E-state index in [0.29, 0.717) is 41.7 Å². The fourth-order valence-electron chi connectivity index (χ4n) is 3.57. The monoisotopic (exact) mass is 375 g/mol. The highest BCUT2D eigenvalue weighted by atomic mass is 32.1. The Morgan fingerprint density at radius 3 is 3.00 bits per heavy atom. The van der Waals surface area contributed by atoms with Crippen molar-refractivity contribution in [2.24, 2.45) is 0 Å². The van der Waals surface area contributed by atoms with Crippen LogP contribution in [0.15, 0.2) is 18.2 Å². The number of β-amino-alcohol motifs (C(OH)–C–C–N with tert-alkyl or cyclic N) is 1. The largest absolute Gasteiger partial charge is 0.454 e. The van der Waals surface area contributed by atoms with Gasteiger partial charge in [0.25, 0.3) is 5.91 Å². The number of amides is 1. The first-order chi connectivity index (χ1) is 12.6. The number of aryl methyl sites for hydroxylation is 1. The van der Waals surface area contributed by atoms with Crippen molar-refractivity contribution < 1.29 is 19.4 Å². The molecule has 8 heteroatoms. The van der Waals surface area contributed by atoms with Crippen molar-refractivity contribution in [1.82, 2.24) is 9.88 Å². The minimum atomic E-state index is -0.636. The van der Waals surface area contributed by atoms with Crippen LogP contribution in [0.3, 0.4) is 0 Å². The number of carbonyl (C=O) groups excluding carboxylic acids is 1. The lowest BCUT2D eigenvalue weighted by molar-refractivity contribution is 0.0384. The molecule has 0 spiro atoms. The van der Waals surface area contributed by atoms with Crippen molar-refractivity contribution in [2.75, 3.05) is 25.6 Å². The van der Waals surface area contributed by atoms with Crippen molar-refractivity contribution in [2.45, 2.75) is 31.8 Å². The molecule has 3 heterocycles. The molecule has 4 rings (SSSR count). The molecule has 1 saturated heterocycles. The molecule has 0 unspecified atom stereocenters. The van der Waals surface area contributed by atoms with E-state index in [0.717, 1.165) is 17.0 Å². The van der Waals surface area contributed by atoms with Gasteiger partial charge in [-0.2, -0.15) is 0 Å². The fourth-order valence-corrected chi connectivity index (χ4v) is 4.46. The molecule has 0 bridgehead atoms. The summed E-state index contributed by atoms with van der Waals surface area (Å²) >= 11 is 1.22. The molecular formula is C18H21N3O4S. The highest BCUT2D eigenvalue weighted by molar-refractivity contribution is 7.17. The number of fused-ring (bicyclic) bond motifs is 1. The maximum absolute atomic E-state index is 12.8. The van der Waals surface area contributed by atoms with Gasteiger partial charge < -0.3 is 25.2 Å². The van der Waals surface area contributed by atoms with Gasteiger partial charge in [-0.15, -0.1) is 0 Å². The summed E-state index contributed by atoms with van der Waals surface area (Å²) < 4.78 is 10.8. The average molecular weight is 375 g/mol. The van der Waals surface area contributed by atoms with Crippen LogP contribution in [0.4, 0.5) is 5.13 Å². The molecule has 1 amide bonds. The third-order valence-corrected chi connectivity index (χ3v) is 5.85. The summed E-state index contributed by atoms with van der Waals surface area (Å²) in [5.41, 5.74) is 7.49. The van der Waals surface area contributed by atoms with Gasteiger partial charge in [0, 0.05) is 19.0 Å². The predicted molar refractivity (Wildman–Crippen MR) is 97.7 cm³/mol. The highest BCUT2D eigenvalue weighted by Gasteiger charge is 2.33. The number of rotatable bonds is 3. The first-order valence-corrected chi connectivity index (χ1v) is 9.50. The number of aliphatic hydroxyl groups is 1. The minimum Gasteiger partial charge on any atom is -0.454 e. The van der Waals surface area contributed by atoms with Crippen molar-refractivity contribution in [3.8, 4) is 11.5 Å². The van der Waals surface area contributed by atoms with Crippen molar-refractivity contribution in [3.63, 3.8) is 0 Å². The normalized spacial score (nSPS) is 21.8. The van der Waals surface area contributed by atoms with Crippen LogP contribution in [0.2, 0.25) is 0 Å². The van der Waals surface area contributed by atoms with Crippen LogP contribution in [-0.2, 0) is 6.42 Å². The molecule has 2 aliphatic rings. The molecule has 0 saturated carbocycles. The third-order valence-electron chi connectivity index (χ3n) is 4.94. The maximum Gasteiger partial charge on any atom is 0.266 e. The van der Waals surface area contributed by atoms with Gasteiger partial charge in [0.05, 0.1) is 11.8 Å². The number of nitrogens with two attached hydrogens (primary N) is 1. The zero-order valence-electron chi connectivity index (χ0n) is 14.5. The van der Waals surface area contributed by atoms with Gasteiger partial charge in [-0.25, -0.2) is 4.98 Å². The second-order valence-electron chi connectivity index (χ2n) is 6.51. The highest BCUT2D eigenvalue weighted by Crippen LogP contribution is 2.38. The first-order valence-electron chi connectivity index (χ1n) is 8.69. The summed E-state index contributed by atoms with van der Waals surface area (Å²) in [5.74, 6) is 1.30. The van der Waals surface area contributed by atoms with E-state index >= 15 is 0 Å². The van der Waals surface area contributed by atoms with Crippen LogP contribution in [-0.4, -0.2) is 46.9 Å². The van der Waals surface area contributed by atoms with Crippen LogP contribution in [0.5, 0.6) is 11.5 Å². The van der Waals surface area contributed by atoms with Crippen LogP contribution in [0, 0.1) is 0 Å². The second kappa shape index (κ2) is 6.77. The first kappa shape index (κ1) is 17.1. The van der Waals surface area contributed by atoms with Gasteiger partial charge in [-0.3, -0.25) is 4.79 Å². The molecule has 1 aromatic heterocycles. The lowest BCUT2D eigenvalue weighted by atomic mass is 9.87. The van der Waals surface area contributed by atoms with Crippen LogP contribution < -0.4 is 15.2 Å². The van der Waals surface area contributed by atoms with Crippen LogP contribution in [0.1, 0.15) is 40.2 Å². The van der Waals surface area contributed by atoms with Crippen LogP contribution in [0.25, 0.3) is 0 Å². The van der Waals surface area contributed by atoms with E-state index < -0.39 is 6.10 Å². The Labute approximate surface area is 155 Å². The molecule has 2 aliphatic heterocycles. The van der Waals surface area contributed by atoms with E-state index in [1.165, 1.54) is 11.3 Å². The number of ether oxygens (including phenoxy) is 2. The Kier molecular flexibility index (Phi) is 4.46. The summed E-state index contributed by atoms with van der Waals surface area (Å²) in [4.78, 5) is 19.3. The number of carbonyl (C=O) groups is 1. The zero-order valence-corrected chi connectivity index (χ0v) is 15.3. The number of aliphatic hydroxyl groups excluding tert-OH is 1. The number of aromatic nitrogens is 1. The molecule has 2 aromatic rings. The molecule has 7 nitrogen and oxygen atoms in total. The Bertz CT molecular complexity index is 838.